The largest absolute Gasteiger partial charge is 0.481 e. The number of aliphatic carboxylic acids is 1. The summed E-state index contributed by atoms with van der Waals surface area (Å²) in [5.41, 5.74) is 0.189. The fraction of sp³-hybridized carbons (Fsp3) is 0.615. The maximum atomic E-state index is 11.5. The Morgan fingerprint density at radius 3 is 2.80 bits per heavy atom. The van der Waals surface area contributed by atoms with Gasteiger partial charge in [-0.05, 0) is 24.4 Å². The second-order valence-electron chi connectivity index (χ2n) is 5.63. The van der Waals surface area contributed by atoms with Crippen LogP contribution < -0.4 is 0 Å². The van der Waals surface area contributed by atoms with Crippen LogP contribution in [0.5, 0.6) is 0 Å². The van der Waals surface area contributed by atoms with E-state index in [-0.39, 0.29) is 10.9 Å². The molecule has 1 N–H and O–H groups in total. The van der Waals surface area contributed by atoms with Crippen LogP contribution in [0, 0.1) is 21.4 Å². The summed E-state index contributed by atoms with van der Waals surface area (Å²) in [7, 11) is 0. The predicted octanol–water partition coefficient (Wildman–Crippen LogP) is 2.59. The van der Waals surface area contributed by atoms with E-state index in [1.54, 1.807) is 11.4 Å². The number of hydrogen-bond acceptors (Lipinski definition) is 5. The van der Waals surface area contributed by atoms with Gasteiger partial charge in [0, 0.05) is 24.5 Å². The fourth-order valence-electron chi connectivity index (χ4n) is 2.74. The number of likely N-dealkylation sites (tertiary alicyclic amines) is 1. The van der Waals surface area contributed by atoms with Gasteiger partial charge in [0.05, 0.1) is 10.3 Å². The van der Waals surface area contributed by atoms with Crippen molar-refractivity contribution >= 4 is 22.3 Å². The van der Waals surface area contributed by atoms with E-state index in [9.17, 15) is 20.0 Å². The molecule has 7 heteroatoms. The van der Waals surface area contributed by atoms with Gasteiger partial charge < -0.3 is 5.11 Å². The number of carbonyl (C=O) groups is 1. The SMILES string of the molecule is CC(C)C1(C(=O)O)CCN(Cc2csc([N+](=O)[O-])c2)C1. The van der Waals surface area contributed by atoms with Gasteiger partial charge in [-0.2, -0.15) is 0 Å². The summed E-state index contributed by atoms with van der Waals surface area (Å²) >= 11 is 1.11. The Kier molecular flexibility index (Phi) is 4.10. The molecule has 1 aliphatic heterocycles. The van der Waals surface area contributed by atoms with E-state index in [2.05, 4.69) is 4.90 Å². The molecule has 110 valence electrons. The third-order valence-electron chi connectivity index (χ3n) is 4.14. The van der Waals surface area contributed by atoms with Crippen LogP contribution in [0.3, 0.4) is 0 Å². The standard InChI is InChI=1S/C13H18N2O4S/c1-9(2)13(12(16)17)3-4-14(8-13)6-10-5-11(15(18)19)20-7-10/h5,7,9H,3-4,6,8H2,1-2H3,(H,16,17). The summed E-state index contributed by atoms with van der Waals surface area (Å²) in [5, 5.41) is 22.0. The van der Waals surface area contributed by atoms with Gasteiger partial charge in [-0.15, -0.1) is 0 Å². The number of nitrogens with zero attached hydrogens (tertiary/aromatic N) is 2. The van der Waals surface area contributed by atoms with Gasteiger partial charge in [0.25, 0.3) is 0 Å². The minimum Gasteiger partial charge on any atom is -0.481 e. The number of thiophene rings is 1. The maximum absolute atomic E-state index is 11.5. The van der Waals surface area contributed by atoms with Crippen LogP contribution in [0.15, 0.2) is 11.4 Å². The van der Waals surface area contributed by atoms with Crippen molar-refractivity contribution in [1.29, 1.82) is 0 Å². The molecule has 0 saturated carbocycles. The lowest BCUT2D eigenvalue weighted by Crippen LogP contribution is -2.39. The number of rotatable bonds is 5. The van der Waals surface area contributed by atoms with Crippen LogP contribution in [0.25, 0.3) is 0 Å². The van der Waals surface area contributed by atoms with Crippen LogP contribution in [0.1, 0.15) is 25.8 Å². The first-order chi connectivity index (χ1) is 9.35. The fourth-order valence-corrected chi connectivity index (χ4v) is 3.46. The molecule has 0 spiro atoms. The summed E-state index contributed by atoms with van der Waals surface area (Å²) in [4.78, 5) is 23.9. The van der Waals surface area contributed by atoms with Crippen molar-refractivity contribution in [3.63, 3.8) is 0 Å². The minimum absolute atomic E-state index is 0.0711. The van der Waals surface area contributed by atoms with Crippen LogP contribution >= 0.6 is 11.3 Å². The molecule has 0 bridgehead atoms. The molecule has 1 atom stereocenters. The van der Waals surface area contributed by atoms with Crippen molar-refractivity contribution in [2.75, 3.05) is 13.1 Å². The predicted molar refractivity (Wildman–Crippen MR) is 75.8 cm³/mol. The van der Waals surface area contributed by atoms with Crippen LogP contribution in [-0.2, 0) is 11.3 Å². The topological polar surface area (TPSA) is 83.7 Å². The zero-order valence-corrected chi connectivity index (χ0v) is 12.4. The van der Waals surface area contributed by atoms with Gasteiger partial charge in [-0.1, -0.05) is 25.2 Å². The molecule has 0 aromatic carbocycles. The molecular formula is C13H18N2O4S. The van der Waals surface area contributed by atoms with Crippen LogP contribution in [0.2, 0.25) is 0 Å². The van der Waals surface area contributed by atoms with Crippen LogP contribution in [-0.4, -0.2) is 34.0 Å². The Labute approximate surface area is 121 Å². The molecular weight excluding hydrogens is 280 g/mol. The van der Waals surface area contributed by atoms with Gasteiger partial charge >= 0.3 is 11.0 Å². The van der Waals surface area contributed by atoms with Gasteiger partial charge in [0.15, 0.2) is 0 Å². The highest BCUT2D eigenvalue weighted by atomic mass is 32.1. The molecule has 0 amide bonds. The van der Waals surface area contributed by atoms with E-state index >= 15 is 0 Å². The highest BCUT2D eigenvalue weighted by Gasteiger charge is 2.47. The first-order valence-electron chi connectivity index (χ1n) is 6.53. The summed E-state index contributed by atoms with van der Waals surface area (Å²) in [6.45, 7) is 5.67. The Hall–Kier alpha value is -1.47. The lowest BCUT2D eigenvalue weighted by Gasteiger charge is -2.28. The molecule has 2 rings (SSSR count). The summed E-state index contributed by atoms with van der Waals surface area (Å²) < 4.78 is 0. The zero-order chi connectivity index (χ0) is 14.9. The smallest absolute Gasteiger partial charge is 0.324 e. The molecule has 1 saturated heterocycles. The first kappa shape index (κ1) is 14.9. The first-order valence-corrected chi connectivity index (χ1v) is 7.40. The quantitative estimate of drug-likeness (QED) is 0.667. The lowest BCUT2D eigenvalue weighted by molar-refractivity contribution is -0.380. The maximum Gasteiger partial charge on any atom is 0.324 e. The van der Waals surface area contributed by atoms with Gasteiger partial charge in [-0.3, -0.25) is 19.8 Å². The molecule has 1 aromatic heterocycles. The second kappa shape index (κ2) is 5.49. The third-order valence-corrected chi connectivity index (χ3v) is 5.07. The summed E-state index contributed by atoms with van der Waals surface area (Å²) in [6, 6.07) is 1.57. The van der Waals surface area contributed by atoms with Crippen molar-refractivity contribution < 1.29 is 14.8 Å². The summed E-state index contributed by atoms with van der Waals surface area (Å²) in [6.07, 6.45) is 0.631. The number of hydrogen-bond donors (Lipinski definition) is 1. The number of nitro groups is 1. The molecule has 6 nitrogen and oxygen atoms in total. The minimum atomic E-state index is -0.744. The normalized spacial score (nSPS) is 23.4. The zero-order valence-electron chi connectivity index (χ0n) is 11.5. The molecule has 20 heavy (non-hydrogen) atoms. The van der Waals surface area contributed by atoms with E-state index in [0.29, 0.717) is 26.1 Å². The van der Waals surface area contributed by atoms with Crippen molar-refractivity contribution in [3.05, 3.63) is 27.1 Å². The van der Waals surface area contributed by atoms with E-state index in [4.69, 9.17) is 0 Å². The number of carboxylic acid groups (broad SMARTS) is 1. The number of carboxylic acids is 1. The lowest BCUT2D eigenvalue weighted by atomic mass is 9.76. The van der Waals surface area contributed by atoms with E-state index in [0.717, 1.165) is 16.9 Å². The van der Waals surface area contributed by atoms with Gasteiger partial charge in [-0.25, -0.2) is 0 Å². The highest BCUT2D eigenvalue weighted by molar-refractivity contribution is 7.13. The van der Waals surface area contributed by atoms with E-state index < -0.39 is 16.3 Å². The monoisotopic (exact) mass is 298 g/mol. The Morgan fingerprint density at radius 1 is 1.65 bits per heavy atom. The third kappa shape index (κ3) is 2.69. The average molecular weight is 298 g/mol. The Morgan fingerprint density at radius 2 is 2.35 bits per heavy atom. The average Bonchev–Trinajstić information content (AvgIpc) is 2.96. The summed E-state index contributed by atoms with van der Waals surface area (Å²) in [5.74, 6) is -0.673. The molecule has 1 unspecified atom stereocenters. The second-order valence-corrected chi connectivity index (χ2v) is 6.52. The van der Waals surface area contributed by atoms with Gasteiger partial charge in [0.2, 0.25) is 0 Å². The van der Waals surface area contributed by atoms with Crippen molar-refractivity contribution in [1.82, 2.24) is 4.90 Å². The van der Waals surface area contributed by atoms with E-state index in [1.165, 1.54) is 0 Å². The van der Waals surface area contributed by atoms with Crippen molar-refractivity contribution in [2.24, 2.45) is 11.3 Å². The van der Waals surface area contributed by atoms with Crippen LogP contribution in [0.4, 0.5) is 5.00 Å². The molecule has 2 heterocycles. The molecule has 0 radical (unpaired) electrons. The van der Waals surface area contributed by atoms with Crippen molar-refractivity contribution in [2.45, 2.75) is 26.8 Å². The molecule has 1 fully saturated rings. The molecule has 1 aromatic rings. The Balaban J connectivity index is 2.05. The van der Waals surface area contributed by atoms with E-state index in [1.807, 2.05) is 13.8 Å². The molecule has 0 aliphatic carbocycles. The Bertz CT molecular complexity index is 528. The highest BCUT2D eigenvalue weighted by Crippen LogP contribution is 2.39. The molecule has 1 aliphatic rings. The van der Waals surface area contributed by atoms with Crippen molar-refractivity contribution in [3.8, 4) is 0 Å². The van der Waals surface area contributed by atoms with Gasteiger partial charge in [0.1, 0.15) is 0 Å².